The first-order chi connectivity index (χ1) is 10.2. The van der Waals surface area contributed by atoms with Crippen molar-refractivity contribution in [2.24, 2.45) is 51.5 Å². The Balaban J connectivity index is 1.81. The van der Waals surface area contributed by atoms with E-state index in [1.54, 1.807) is 5.57 Å². The summed E-state index contributed by atoms with van der Waals surface area (Å²) in [5.41, 5.74) is 5.06. The van der Waals surface area contributed by atoms with Crippen molar-refractivity contribution in [2.75, 3.05) is 0 Å². The number of oxime groups is 1. The zero-order chi connectivity index (χ0) is 16.0. The summed E-state index contributed by atoms with van der Waals surface area (Å²) in [7, 11) is 0. The summed E-state index contributed by atoms with van der Waals surface area (Å²) in [6.45, 7) is 14.6. The minimum Gasteiger partial charge on any atom is -0.411 e. The number of hydrogen-bond acceptors (Lipinski definition) is 2. The van der Waals surface area contributed by atoms with Crippen LogP contribution in [0, 0.1) is 46.3 Å². The Morgan fingerprint density at radius 3 is 2.14 bits per heavy atom. The molecule has 0 saturated heterocycles. The number of allylic oxidation sites excluding steroid dienone is 2. The van der Waals surface area contributed by atoms with Crippen molar-refractivity contribution in [2.45, 2.75) is 60.8 Å². The van der Waals surface area contributed by atoms with E-state index in [1.807, 2.05) is 0 Å². The highest BCUT2D eigenvalue weighted by molar-refractivity contribution is 6.06. The van der Waals surface area contributed by atoms with Crippen LogP contribution in [0.2, 0.25) is 0 Å². The fraction of sp³-hybridized carbons (Fsp3) is 0.850. The summed E-state index contributed by atoms with van der Waals surface area (Å²) < 4.78 is 0. The number of fused-ring (bicyclic) bond motifs is 4. The maximum Gasteiger partial charge on any atom is 0.0864 e. The van der Waals surface area contributed by atoms with Crippen LogP contribution in [0.3, 0.4) is 0 Å². The van der Waals surface area contributed by atoms with E-state index in [4.69, 9.17) is 0 Å². The van der Waals surface area contributed by atoms with Crippen molar-refractivity contribution >= 4 is 5.71 Å². The van der Waals surface area contributed by atoms with Crippen LogP contribution >= 0.6 is 0 Å². The summed E-state index contributed by atoms with van der Waals surface area (Å²) in [6, 6.07) is 0. The summed E-state index contributed by atoms with van der Waals surface area (Å²) in [4.78, 5) is 0. The molecule has 4 saturated carbocycles. The topological polar surface area (TPSA) is 32.6 Å². The van der Waals surface area contributed by atoms with Gasteiger partial charge in [-0.25, -0.2) is 0 Å². The van der Waals surface area contributed by atoms with Crippen LogP contribution in [0.25, 0.3) is 0 Å². The zero-order valence-corrected chi connectivity index (χ0v) is 15.0. The van der Waals surface area contributed by atoms with Gasteiger partial charge in [0.2, 0.25) is 0 Å². The van der Waals surface area contributed by atoms with Crippen LogP contribution in [-0.4, -0.2) is 10.9 Å². The SMILES string of the molecule is C[C@H]1[C@H]2C[C@H](C/C2=C2/C(=N\O)[C@@H]3C[C@H]2C(C)(C)[C@H]3C)C1(C)C. The Bertz CT molecular complexity index is 579. The molecule has 0 spiro atoms. The largest absolute Gasteiger partial charge is 0.411 e. The van der Waals surface area contributed by atoms with Crippen molar-refractivity contribution in [3.63, 3.8) is 0 Å². The number of hydrogen-bond donors (Lipinski definition) is 1. The predicted molar refractivity (Wildman–Crippen MR) is 89.9 cm³/mol. The van der Waals surface area contributed by atoms with Crippen LogP contribution in [0.5, 0.6) is 0 Å². The van der Waals surface area contributed by atoms with E-state index in [0.717, 1.165) is 23.5 Å². The van der Waals surface area contributed by atoms with E-state index in [9.17, 15) is 5.21 Å². The van der Waals surface area contributed by atoms with E-state index in [0.29, 0.717) is 28.6 Å². The molecule has 0 unspecified atom stereocenters. The normalized spacial score (nSPS) is 52.9. The first-order valence-corrected chi connectivity index (χ1v) is 9.16. The van der Waals surface area contributed by atoms with Crippen molar-refractivity contribution in [1.82, 2.24) is 0 Å². The van der Waals surface area contributed by atoms with E-state index in [-0.39, 0.29) is 0 Å². The first-order valence-electron chi connectivity index (χ1n) is 9.16. The van der Waals surface area contributed by atoms with Gasteiger partial charge in [0.25, 0.3) is 0 Å². The second kappa shape index (κ2) is 4.19. The molecular formula is C20H31NO. The zero-order valence-electron chi connectivity index (χ0n) is 15.0. The molecule has 4 fully saturated rings. The second-order valence-electron chi connectivity index (χ2n) is 9.78. The molecule has 4 aliphatic rings. The van der Waals surface area contributed by atoms with Gasteiger partial charge in [-0.2, -0.15) is 0 Å². The minimum atomic E-state index is 0.349. The third kappa shape index (κ3) is 1.50. The summed E-state index contributed by atoms with van der Waals surface area (Å²) in [6.07, 6.45) is 3.82. The molecule has 0 heterocycles. The molecule has 0 aromatic rings. The minimum absolute atomic E-state index is 0.349. The van der Waals surface area contributed by atoms with Crippen LogP contribution < -0.4 is 0 Å². The summed E-state index contributed by atoms with van der Waals surface area (Å²) in [5, 5.41) is 13.5. The number of rotatable bonds is 0. The fourth-order valence-corrected chi connectivity index (χ4v) is 6.55. The molecular weight excluding hydrogens is 270 g/mol. The quantitative estimate of drug-likeness (QED) is 0.488. The molecule has 0 aromatic carbocycles. The second-order valence-corrected chi connectivity index (χ2v) is 9.78. The lowest BCUT2D eigenvalue weighted by Gasteiger charge is -2.42. The van der Waals surface area contributed by atoms with Gasteiger partial charge in [0.05, 0.1) is 5.71 Å². The van der Waals surface area contributed by atoms with Crippen molar-refractivity contribution in [3.05, 3.63) is 11.1 Å². The Morgan fingerprint density at radius 2 is 1.59 bits per heavy atom. The van der Waals surface area contributed by atoms with Crippen LogP contribution in [0.1, 0.15) is 60.8 Å². The highest BCUT2D eigenvalue weighted by Crippen LogP contribution is 2.66. The third-order valence-corrected chi connectivity index (χ3v) is 8.88. The van der Waals surface area contributed by atoms with E-state index >= 15 is 0 Å². The van der Waals surface area contributed by atoms with Crippen LogP contribution in [0.4, 0.5) is 0 Å². The molecule has 4 aliphatic carbocycles. The monoisotopic (exact) mass is 301 g/mol. The molecule has 0 amide bonds. The lowest BCUT2D eigenvalue weighted by molar-refractivity contribution is 0.160. The van der Waals surface area contributed by atoms with Gasteiger partial charge in [-0.15, -0.1) is 0 Å². The average molecular weight is 301 g/mol. The lowest BCUT2D eigenvalue weighted by atomic mass is 9.62. The Labute approximate surface area is 135 Å². The Hall–Kier alpha value is -0.790. The summed E-state index contributed by atoms with van der Waals surface area (Å²) >= 11 is 0. The van der Waals surface area contributed by atoms with Gasteiger partial charge < -0.3 is 5.21 Å². The third-order valence-electron chi connectivity index (χ3n) is 8.88. The molecule has 4 rings (SSSR count). The Morgan fingerprint density at radius 1 is 0.955 bits per heavy atom. The van der Waals surface area contributed by atoms with E-state index in [1.165, 1.54) is 24.8 Å². The standard InChI is InChI=1S/C20H31NO/c1-10-13-7-12(19(10,3)4)8-15(13)17-16-9-14(18(17)21-22)11(2)20(16,5)6/h10-14,16,22H,7-9H2,1-6H3/b17-15-,21-18-/t10-,11-,12+,13+,14+,16+/m0/s1. The molecule has 1 N–H and O–H groups in total. The van der Waals surface area contributed by atoms with Gasteiger partial charge in [0, 0.05) is 5.92 Å². The molecule has 2 nitrogen and oxygen atoms in total. The van der Waals surface area contributed by atoms with Crippen molar-refractivity contribution in [1.29, 1.82) is 0 Å². The first kappa shape index (κ1) is 14.8. The smallest absolute Gasteiger partial charge is 0.0864 e. The molecule has 6 atom stereocenters. The van der Waals surface area contributed by atoms with Gasteiger partial charge in [0.1, 0.15) is 0 Å². The Kier molecular flexibility index (Phi) is 2.81. The maximum atomic E-state index is 9.70. The maximum absolute atomic E-state index is 9.70. The van der Waals surface area contributed by atoms with Gasteiger partial charge in [-0.1, -0.05) is 52.3 Å². The van der Waals surface area contributed by atoms with Gasteiger partial charge in [-0.05, 0) is 65.3 Å². The van der Waals surface area contributed by atoms with Crippen LogP contribution in [-0.2, 0) is 0 Å². The van der Waals surface area contributed by atoms with Gasteiger partial charge >= 0.3 is 0 Å². The van der Waals surface area contributed by atoms with Gasteiger partial charge in [0.15, 0.2) is 0 Å². The van der Waals surface area contributed by atoms with Gasteiger partial charge in [-0.3, -0.25) is 0 Å². The van der Waals surface area contributed by atoms with Crippen LogP contribution in [0.15, 0.2) is 16.3 Å². The predicted octanol–water partition coefficient (Wildman–Crippen LogP) is 5.13. The lowest BCUT2D eigenvalue weighted by Crippen LogP contribution is -2.37. The molecule has 0 aromatic heterocycles. The highest BCUT2D eigenvalue weighted by atomic mass is 16.4. The molecule has 22 heavy (non-hydrogen) atoms. The molecule has 0 aliphatic heterocycles. The summed E-state index contributed by atoms with van der Waals surface area (Å²) in [5.74, 6) is 4.04. The van der Waals surface area contributed by atoms with Crippen molar-refractivity contribution in [3.8, 4) is 0 Å². The number of nitrogens with zero attached hydrogens (tertiary/aromatic N) is 1. The average Bonchev–Trinajstić information content (AvgIpc) is 3.14. The highest BCUT2D eigenvalue weighted by Gasteiger charge is 2.60. The van der Waals surface area contributed by atoms with E-state index in [2.05, 4.69) is 46.7 Å². The molecule has 4 bridgehead atoms. The molecule has 0 radical (unpaired) electrons. The molecule has 122 valence electrons. The fourth-order valence-electron chi connectivity index (χ4n) is 6.55. The van der Waals surface area contributed by atoms with Crippen molar-refractivity contribution < 1.29 is 5.21 Å². The van der Waals surface area contributed by atoms with E-state index < -0.39 is 0 Å². The molecule has 2 heteroatoms.